The Morgan fingerprint density at radius 2 is 1.31 bits per heavy atom. The number of unbranched alkanes of at least 4 members (excludes halogenated alkanes) is 2. The van der Waals surface area contributed by atoms with Gasteiger partial charge in [-0.15, -0.1) is 0 Å². The van der Waals surface area contributed by atoms with Crippen LogP contribution in [-0.4, -0.2) is 49.6 Å². The van der Waals surface area contributed by atoms with Crippen LogP contribution in [0.2, 0.25) is 0 Å². The molecular formula is C14H34N2. The molecule has 100 valence electrons. The average molecular weight is 230 g/mol. The maximum absolute atomic E-state index is 2.59. The number of piperazine rings is 1. The first-order chi connectivity index (χ1) is 7.83. The van der Waals surface area contributed by atoms with E-state index in [1.54, 1.807) is 0 Å². The van der Waals surface area contributed by atoms with Crippen LogP contribution in [0.15, 0.2) is 0 Å². The van der Waals surface area contributed by atoms with Gasteiger partial charge in [-0.25, -0.2) is 0 Å². The summed E-state index contributed by atoms with van der Waals surface area (Å²) in [6, 6.07) is 0. The normalized spacial score (nSPS) is 16.9. The zero-order valence-electron chi connectivity index (χ0n) is 12.6. The Morgan fingerprint density at radius 1 is 0.812 bits per heavy atom. The highest BCUT2D eigenvalue weighted by Crippen LogP contribution is 2.02. The van der Waals surface area contributed by atoms with Crippen molar-refractivity contribution in [2.24, 2.45) is 0 Å². The van der Waals surface area contributed by atoms with Crippen LogP contribution in [0.1, 0.15) is 53.9 Å². The van der Waals surface area contributed by atoms with Crippen molar-refractivity contribution in [3.8, 4) is 0 Å². The molecular weight excluding hydrogens is 196 g/mol. The highest BCUT2D eigenvalue weighted by Gasteiger charge is 2.12. The number of rotatable bonds is 4. The number of likely N-dealkylation sites (N-methyl/N-ethyl adjacent to an activating group) is 1. The van der Waals surface area contributed by atoms with E-state index in [4.69, 9.17) is 0 Å². The van der Waals surface area contributed by atoms with E-state index in [0.717, 1.165) is 0 Å². The van der Waals surface area contributed by atoms with Gasteiger partial charge >= 0.3 is 0 Å². The second-order valence-electron chi connectivity index (χ2n) is 3.85. The summed E-state index contributed by atoms with van der Waals surface area (Å²) in [5, 5.41) is 0. The lowest BCUT2D eigenvalue weighted by Crippen LogP contribution is -2.44. The Labute approximate surface area is 104 Å². The van der Waals surface area contributed by atoms with Crippen LogP contribution >= 0.6 is 0 Å². The molecule has 2 nitrogen and oxygen atoms in total. The molecule has 2 heteroatoms. The zero-order valence-corrected chi connectivity index (χ0v) is 12.6. The van der Waals surface area contributed by atoms with Crippen molar-refractivity contribution in [1.82, 2.24) is 9.80 Å². The lowest BCUT2D eigenvalue weighted by Gasteiger charge is -2.32. The second-order valence-corrected chi connectivity index (χ2v) is 3.85. The molecule has 1 heterocycles. The summed E-state index contributed by atoms with van der Waals surface area (Å²) in [7, 11) is 2.21. The molecule has 1 aliphatic heterocycles. The van der Waals surface area contributed by atoms with Gasteiger partial charge in [0.2, 0.25) is 0 Å². The van der Waals surface area contributed by atoms with Gasteiger partial charge in [0.25, 0.3) is 0 Å². The largest absolute Gasteiger partial charge is 0.304 e. The highest BCUT2D eigenvalue weighted by molar-refractivity contribution is 4.68. The summed E-state index contributed by atoms with van der Waals surface area (Å²) in [5.41, 5.74) is 0. The smallest absolute Gasteiger partial charge is 0.0110 e. The van der Waals surface area contributed by atoms with E-state index >= 15 is 0 Å². The quantitative estimate of drug-likeness (QED) is 0.682. The van der Waals surface area contributed by atoms with Gasteiger partial charge in [-0.1, -0.05) is 47.5 Å². The monoisotopic (exact) mass is 230 g/mol. The topological polar surface area (TPSA) is 6.48 Å². The van der Waals surface area contributed by atoms with Crippen LogP contribution in [-0.2, 0) is 0 Å². The Hall–Kier alpha value is -0.0800. The third kappa shape index (κ3) is 10.4. The number of hydrogen-bond donors (Lipinski definition) is 0. The summed E-state index contributed by atoms with van der Waals surface area (Å²) in [6.07, 6.45) is 4.13. The van der Waals surface area contributed by atoms with E-state index in [1.807, 2.05) is 27.7 Å². The van der Waals surface area contributed by atoms with E-state index in [0.29, 0.717) is 0 Å². The minimum absolute atomic E-state index is 1.26. The fourth-order valence-corrected chi connectivity index (χ4v) is 1.66. The first kappa shape index (κ1) is 18.3. The van der Waals surface area contributed by atoms with Crippen molar-refractivity contribution in [2.45, 2.75) is 53.9 Å². The third-order valence-corrected chi connectivity index (χ3v) is 2.67. The van der Waals surface area contributed by atoms with Gasteiger partial charge in [0, 0.05) is 26.2 Å². The molecule has 16 heavy (non-hydrogen) atoms. The molecule has 0 amide bonds. The first-order valence-electron chi connectivity index (χ1n) is 7.24. The van der Waals surface area contributed by atoms with E-state index in [-0.39, 0.29) is 0 Å². The maximum Gasteiger partial charge on any atom is 0.0110 e. The van der Waals surface area contributed by atoms with E-state index in [9.17, 15) is 0 Å². The van der Waals surface area contributed by atoms with Gasteiger partial charge < -0.3 is 9.80 Å². The number of hydrogen-bond acceptors (Lipinski definition) is 2. The van der Waals surface area contributed by atoms with Gasteiger partial charge in [0.15, 0.2) is 0 Å². The van der Waals surface area contributed by atoms with Crippen LogP contribution in [0.3, 0.4) is 0 Å². The molecule has 0 atom stereocenters. The van der Waals surface area contributed by atoms with E-state index < -0.39 is 0 Å². The van der Waals surface area contributed by atoms with Crippen LogP contribution in [0.25, 0.3) is 0 Å². The maximum atomic E-state index is 2.59. The van der Waals surface area contributed by atoms with Crippen molar-refractivity contribution in [3.63, 3.8) is 0 Å². The Morgan fingerprint density at radius 3 is 1.75 bits per heavy atom. The molecule has 0 aromatic carbocycles. The lowest BCUT2D eigenvalue weighted by molar-refractivity contribution is 0.152. The first-order valence-corrected chi connectivity index (χ1v) is 7.24. The van der Waals surface area contributed by atoms with Gasteiger partial charge in [0.1, 0.15) is 0 Å². The standard InChI is InChI=1S/C10H22N2.2C2H6/c1-3-4-5-6-12-9-7-11(2)8-10-12;2*1-2/h3-10H2,1-2H3;2*1-2H3. The van der Waals surface area contributed by atoms with Crippen LogP contribution < -0.4 is 0 Å². The molecule has 0 aromatic heterocycles. The second kappa shape index (κ2) is 14.9. The molecule has 0 spiro atoms. The molecule has 0 bridgehead atoms. The molecule has 0 unspecified atom stereocenters. The molecule has 1 saturated heterocycles. The van der Waals surface area contributed by atoms with Crippen molar-refractivity contribution in [1.29, 1.82) is 0 Å². The summed E-state index contributed by atoms with van der Waals surface area (Å²) in [4.78, 5) is 5.01. The van der Waals surface area contributed by atoms with E-state index in [2.05, 4.69) is 23.8 Å². The highest BCUT2D eigenvalue weighted by atomic mass is 15.2. The zero-order chi connectivity index (χ0) is 12.8. The molecule has 0 N–H and O–H groups in total. The fraction of sp³-hybridized carbons (Fsp3) is 1.00. The molecule has 0 aliphatic carbocycles. The Balaban J connectivity index is 0. The molecule has 0 saturated carbocycles. The van der Waals surface area contributed by atoms with Crippen molar-refractivity contribution < 1.29 is 0 Å². The van der Waals surface area contributed by atoms with Crippen LogP contribution in [0.4, 0.5) is 0 Å². The van der Waals surface area contributed by atoms with Gasteiger partial charge in [-0.05, 0) is 20.0 Å². The molecule has 0 radical (unpaired) electrons. The van der Waals surface area contributed by atoms with Gasteiger partial charge in [0.05, 0.1) is 0 Å². The minimum Gasteiger partial charge on any atom is -0.304 e. The van der Waals surface area contributed by atoms with Crippen molar-refractivity contribution >= 4 is 0 Å². The third-order valence-electron chi connectivity index (χ3n) is 2.67. The summed E-state index contributed by atoms with van der Waals surface area (Å²) >= 11 is 0. The van der Waals surface area contributed by atoms with Crippen LogP contribution in [0.5, 0.6) is 0 Å². The summed E-state index contributed by atoms with van der Waals surface area (Å²) in [6.45, 7) is 16.7. The lowest BCUT2D eigenvalue weighted by atomic mass is 10.2. The number of nitrogens with zero attached hydrogens (tertiary/aromatic N) is 2. The summed E-state index contributed by atoms with van der Waals surface area (Å²) in [5.74, 6) is 0. The molecule has 1 fully saturated rings. The minimum atomic E-state index is 1.26. The molecule has 1 aliphatic rings. The van der Waals surface area contributed by atoms with Crippen molar-refractivity contribution in [3.05, 3.63) is 0 Å². The SMILES string of the molecule is CC.CC.CCCCCN1CCN(C)CC1. The molecule has 0 aromatic rings. The average Bonchev–Trinajstić information content (AvgIpc) is 2.37. The predicted octanol–water partition coefficient (Wildman–Crippen LogP) is 3.48. The van der Waals surface area contributed by atoms with Crippen LogP contribution in [0, 0.1) is 0 Å². The Bertz CT molecular complexity index is 107. The Kier molecular flexibility index (Phi) is 17.1. The molecule has 1 rings (SSSR count). The summed E-state index contributed by atoms with van der Waals surface area (Å²) < 4.78 is 0. The predicted molar refractivity (Wildman–Crippen MR) is 76.2 cm³/mol. The van der Waals surface area contributed by atoms with E-state index in [1.165, 1.54) is 52.0 Å². The fourth-order valence-electron chi connectivity index (χ4n) is 1.66. The van der Waals surface area contributed by atoms with Crippen molar-refractivity contribution in [2.75, 3.05) is 39.8 Å². The van der Waals surface area contributed by atoms with Gasteiger partial charge in [-0.2, -0.15) is 0 Å². The van der Waals surface area contributed by atoms with Gasteiger partial charge in [-0.3, -0.25) is 0 Å².